The largest absolute Gasteiger partial charge is 0.434 e. The van der Waals surface area contributed by atoms with Gasteiger partial charge in [-0.25, -0.2) is 9.37 Å². The molecule has 0 bridgehead atoms. The fourth-order valence-electron chi connectivity index (χ4n) is 1.05. The molecule has 1 heterocycles. The maximum Gasteiger partial charge on any atom is 0.237 e. The molecule has 0 spiro atoms. The van der Waals surface area contributed by atoms with Gasteiger partial charge in [0.05, 0.1) is 6.20 Å². The Labute approximate surface area is 85.5 Å². The number of hydrogen-bond acceptors (Lipinski definition) is 4. The van der Waals surface area contributed by atoms with E-state index in [0.717, 1.165) is 0 Å². The monoisotopic (exact) mass is 205 g/mol. The summed E-state index contributed by atoms with van der Waals surface area (Å²) in [7, 11) is 0. The van der Waals surface area contributed by atoms with E-state index >= 15 is 0 Å². The summed E-state index contributed by atoms with van der Waals surface area (Å²) in [5, 5.41) is 0. The van der Waals surface area contributed by atoms with E-state index < -0.39 is 5.82 Å². The Bertz CT molecular complexity index is 461. The zero-order chi connectivity index (χ0) is 10.7. The molecule has 0 unspecified atom stereocenters. The van der Waals surface area contributed by atoms with E-state index in [1.807, 2.05) is 0 Å². The molecule has 2 N–H and O–H groups in total. The molecule has 0 atom stereocenters. The second kappa shape index (κ2) is 3.91. The lowest BCUT2D eigenvalue weighted by Crippen LogP contribution is -1.93. The Morgan fingerprint density at radius 2 is 2.13 bits per heavy atom. The molecule has 15 heavy (non-hydrogen) atoms. The van der Waals surface area contributed by atoms with Crippen LogP contribution in [0.4, 0.5) is 10.1 Å². The zero-order valence-electron chi connectivity index (χ0n) is 7.72. The second-order valence-electron chi connectivity index (χ2n) is 2.84. The predicted molar refractivity (Wildman–Crippen MR) is 52.9 cm³/mol. The molecule has 4 nitrogen and oxygen atoms in total. The highest BCUT2D eigenvalue weighted by Gasteiger charge is 2.05. The van der Waals surface area contributed by atoms with Crippen LogP contribution in [0.5, 0.6) is 11.6 Å². The van der Waals surface area contributed by atoms with E-state index in [4.69, 9.17) is 10.5 Å². The summed E-state index contributed by atoms with van der Waals surface area (Å²) in [6.07, 6.45) is 4.37. The smallest absolute Gasteiger partial charge is 0.237 e. The van der Waals surface area contributed by atoms with Crippen LogP contribution in [0.2, 0.25) is 0 Å². The molecular formula is C10H8FN3O. The molecule has 0 amide bonds. The van der Waals surface area contributed by atoms with Gasteiger partial charge in [0.15, 0.2) is 11.6 Å². The van der Waals surface area contributed by atoms with E-state index in [1.54, 1.807) is 6.07 Å². The van der Waals surface area contributed by atoms with Gasteiger partial charge in [-0.05, 0) is 12.1 Å². The van der Waals surface area contributed by atoms with Crippen molar-refractivity contribution in [3.8, 4) is 11.6 Å². The molecule has 5 heteroatoms. The predicted octanol–water partition coefficient (Wildman–Crippen LogP) is 1.99. The van der Waals surface area contributed by atoms with E-state index in [0.29, 0.717) is 5.69 Å². The molecule has 0 radical (unpaired) electrons. The first kappa shape index (κ1) is 9.39. The molecule has 2 aromatic rings. The highest BCUT2D eigenvalue weighted by molar-refractivity contribution is 5.43. The van der Waals surface area contributed by atoms with Crippen molar-refractivity contribution in [2.45, 2.75) is 0 Å². The van der Waals surface area contributed by atoms with Gasteiger partial charge in [-0.2, -0.15) is 0 Å². The lowest BCUT2D eigenvalue weighted by molar-refractivity contribution is 0.425. The van der Waals surface area contributed by atoms with Gasteiger partial charge in [-0.1, -0.05) is 0 Å². The van der Waals surface area contributed by atoms with Crippen molar-refractivity contribution in [2.75, 3.05) is 5.73 Å². The van der Waals surface area contributed by atoms with Crippen molar-refractivity contribution < 1.29 is 9.13 Å². The highest BCUT2D eigenvalue weighted by Crippen LogP contribution is 2.23. The van der Waals surface area contributed by atoms with Gasteiger partial charge >= 0.3 is 0 Å². The first-order valence-corrected chi connectivity index (χ1v) is 4.24. The van der Waals surface area contributed by atoms with Crippen LogP contribution in [0.25, 0.3) is 0 Å². The lowest BCUT2D eigenvalue weighted by Gasteiger charge is -2.05. The third kappa shape index (κ3) is 2.19. The van der Waals surface area contributed by atoms with E-state index in [1.165, 1.54) is 30.7 Å². The molecule has 2 rings (SSSR count). The summed E-state index contributed by atoms with van der Waals surface area (Å²) in [6, 6.07) is 4.18. The number of aromatic nitrogens is 2. The van der Waals surface area contributed by atoms with Crippen LogP contribution in [0, 0.1) is 5.82 Å². The number of anilines is 1. The summed E-state index contributed by atoms with van der Waals surface area (Å²) in [5.41, 5.74) is 5.74. The second-order valence-corrected chi connectivity index (χ2v) is 2.84. The van der Waals surface area contributed by atoms with E-state index in [-0.39, 0.29) is 11.6 Å². The third-order valence-corrected chi connectivity index (χ3v) is 1.71. The number of hydrogen-bond donors (Lipinski definition) is 1. The molecule has 1 aromatic heterocycles. The van der Waals surface area contributed by atoms with E-state index in [9.17, 15) is 4.39 Å². The van der Waals surface area contributed by atoms with Crippen molar-refractivity contribution in [1.82, 2.24) is 9.97 Å². The molecular weight excluding hydrogens is 197 g/mol. The molecule has 0 aliphatic rings. The van der Waals surface area contributed by atoms with Crippen LogP contribution >= 0.6 is 0 Å². The standard InChI is InChI=1S/C10H8FN3O/c11-8-5-7(12)1-2-9(8)15-10-6-13-3-4-14-10/h1-6H,12H2. The number of benzene rings is 1. The van der Waals surface area contributed by atoms with Crippen molar-refractivity contribution >= 4 is 5.69 Å². The summed E-state index contributed by atoms with van der Waals surface area (Å²) < 4.78 is 18.4. The van der Waals surface area contributed by atoms with Crippen LogP contribution in [-0.2, 0) is 0 Å². The maximum atomic E-state index is 13.3. The molecule has 76 valence electrons. The number of nitrogen functional groups attached to an aromatic ring is 1. The van der Waals surface area contributed by atoms with Gasteiger partial charge in [0, 0.05) is 24.1 Å². The number of halogens is 1. The molecule has 1 aromatic carbocycles. The van der Waals surface area contributed by atoms with Gasteiger partial charge in [-0.3, -0.25) is 4.98 Å². The summed E-state index contributed by atoms with van der Waals surface area (Å²) in [6.45, 7) is 0. The van der Waals surface area contributed by atoms with Crippen molar-refractivity contribution in [1.29, 1.82) is 0 Å². The topological polar surface area (TPSA) is 61.0 Å². The Morgan fingerprint density at radius 3 is 2.80 bits per heavy atom. The Balaban J connectivity index is 2.25. The number of nitrogens with two attached hydrogens (primary N) is 1. The van der Waals surface area contributed by atoms with Crippen LogP contribution in [0.3, 0.4) is 0 Å². The number of ether oxygens (including phenoxy) is 1. The minimum atomic E-state index is -0.527. The third-order valence-electron chi connectivity index (χ3n) is 1.71. The molecule has 0 aliphatic heterocycles. The van der Waals surface area contributed by atoms with Gasteiger partial charge in [-0.15, -0.1) is 0 Å². The molecule has 0 saturated heterocycles. The quantitative estimate of drug-likeness (QED) is 0.761. The van der Waals surface area contributed by atoms with Gasteiger partial charge < -0.3 is 10.5 Å². The van der Waals surface area contributed by atoms with Gasteiger partial charge in [0.2, 0.25) is 5.88 Å². The number of nitrogens with zero attached hydrogens (tertiary/aromatic N) is 2. The van der Waals surface area contributed by atoms with Crippen molar-refractivity contribution in [3.63, 3.8) is 0 Å². The van der Waals surface area contributed by atoms with Crippen molar-refractivity contribution in [2.24, 2.45) is 0 Å². The summed E-state index contributed by atoms with van der Waals surface area (Å²) in [4.78, 5) is 7.65. The summed E-state index contributed by atoms with van der Waals surface area (Å²) in [5.74, 6) is -0.216. The average Bonchev–Trinajstić information content (AvgIpc) is 2.24. The minimum Gasteiger partial charge on any atom is -0.434 e. The molecule has 0 fully saturated rings. The molecule has 0 aliphatic carbocycles. The highest BCUT2D eigenvalue weighted by atomic mass is 19.1. The Kier molecular flexibility index (Phi) is 2.45. The SMILES string of the molecule is Nc1ccc(Oc2cnccn2)c(F)c1. The Hall–Kier alpha value is -2.17. The average molecular weight is 205 g/mol. The Morgan fingerprint density at radius 1 is 1.27 bits per heavy atom. The molecule has 0 saturated carbocycles. The summed E-state index contributed by atoms with van der Waals surface area (Å²) >= 11 is 0. The zero-order valence-corrected chi connectivity index (χ0v) is 7.72. The lowest BCUT2D eigenvalue weighted by atomic mass is 10.3. The van der Waals surface area contributed by atoms with Crippen LogP contribution in [-0.4, -0.2) is 9.97 Å². The fraction of sp³-hybridized carbons (Fsp3) is 0. The van der Waals surface area contributed by atoms with Crippen LogP contribution in [0.1, 0.15) is 0 Å². The minimum absolute atomic E-state index is 0.0738. The first-order chi connectivity index (χ1) is 7.25. The van der Waals surface area contributed by atoms with Crippen LogP contribution in [0.15, 0.2) is 36.8 Å². The van der Waals surface area contributed by atoms with Gasteiger partial charge in [0.25, 0.3) is 0 Å². The number of rotatable bonds is 2. The van der Waals surface area contributed by atoms with E-state index in [2.05, 4.69) is 9.97 Å². The maximum absolute atomic E-state index is 13.3. The van der Waals surface area contributed by atoms with Crippen LogP contribution < -0.4 is 10.5 Å². The van der Waals surface area contributed by atoms with Crippen molar-refractivity contribution in [3.05, 3.63) is 42.6 Å². The normalized spacial score (nSPS) is 9.93. The fourth-order valence-corrected chi connectivity index (χ4v) is 1.05. The first-order valence-electron chi connectivity index (χ1n) is 4.24. The van der Waals surface area contributed by atoms with Gasteiger partial charge in [0.1, 0.15) is 0 Å².